The normalized spacial score (nSPS) is 13.1. The largest absolute Gasteiger partial charge is 0.135 e. The maximum Gasteiger partial charge on any atom is 0.0381 e. The van der Waals surface area contributed by atoms with E-state index in [2.05, 4.69) is 43.0 Å². The van der Waals surface area contributed by atoms with E-state index in [0.717, 1.165) is 6.42 Å². The van der Waals surface area contributed by atoms with E-state index < -0.39 is 0 Å². The summed E-state index contributed by atoms with van der Waals surface area (Å²) in [5, 5.41) is 1.39. The molecule has 0 unspecified atom stereocenters. The van der Waals surface area contributed by atoms with Gasteiger partial charge in [-0.1, -0.05) is 30.0 Å². The third-order valence-corrected chi connectivity index (χ3v) is 4.08. The maximum atomic E-state index is 3.17. The van der Waals surface area contributed by atoms with Crippen LogP contribution < -0.4 is 0 Å². The van der Waals surface area contributed by atoms with E-state index >= 15 is 0 Å². The number of allylic oxidation sites excluding steroid dienone is 1. The van der Waals surface area contributed by atoms with Crippen LogP contribution in [0.3, 0.4) is 0 Å². The van der Waals surface area contributed by atoms with Crippen LogP contribution in [0.4, 0.5) is 0 Å². The van der Waals surface area contributed by atoms with Crippen molar-refractivity contribution in [3.8, 4) is 11.8 Å². The highest BCUT2D eigenvalue weighted by Gasteiger charge is 2.11. The summed E-state index contributed by atoms with van der Waals surface area (Å²) in [4.78, 5) is 1.36. The first-order valence-corrected chi connectivity index (χ1v) is 5.84. The number of benzene rings is 1. The molecule has 0 N–H and O–H groups in total. The summed E-state index contributed by atoms with van der Waals surface area (Å²) >= 11 is 1.87. The van der Waals surface area contributed by atoms with Crippen LogP contribution in [-0.2, 0) is 6.42 Å². The molecule has 15 heavy (non-hydrogen) atoms. The van der Waals surface area contributed by atoms with Crippen LogP contribution in [-0.4, -0.2) is 0 Å². The van der Waals surface area contributed by atoms with Gasteiger partial charge in [-0.3, -0.25) is 0 Å². The van der Waals surface area contributed by atoms with Crippen molar-refractivity contribution >= 4 is 27.5 Å². The van der Waals surface area contributed by atoms with Gasteiger partial charge in [-0.05, 0) is 35.6 Å². The molecule has 0 fully saturated rings. The zero-order valence-corrected chi connectivity index (χ0v) is 9.32. The van der Waals surface area contributed by atoms with Crippen molar-refractivity contribution in [1.29, 1.82) is 0 Å². The minimum atomic E-state index is 0.881. The van der Waals surface area contributed by atoms with Crippen LogP contribution in [0.25, 0.3) is 16.2 Å². The summed E-state index contributed by atoms with van der Waals surface area (Å²) in [6.07, 6.45) is 4.97. The number of rotatable bonds is 0. The molecule has 0 saturated carbocycles. The Labute approximate surface area is 93.2 Å². The standard InChI is InChI=1S/C14H10S/c1-10-6-5-8-12-11-7-3-2-4-9-13(11)15-14(10)12/h4-6,8-9H,7H2,1H3. The van der Waals surface area contributed by atoms with Crippen LogP contribution in [0.1, 0.15) is 16.0 Å². The molecular weight excluding hydrogens is 200 g/mol. The van der Waals surface area contributed by atoms with E-state index in [1.54, 1.807) is 0 Å². The minimum Gasteiger partial charge on any atom is -0.135 e. The monoisotopic (exact) mass is 210 g/mol. The predicted octanol–water partition coefficient (Wildman–Crippen LogP) is 3.78. The van der Waals surface area contributed by atoms with Gasteiger partial charge in [-0.25, -0.2) is 0 Å². The first-order chi connectivity index (χ1) is 7.36. The maximum absolute atomic E-state index is 3.17. The van der Waals surface area contributed by atoms with Gasteiger partial charge in [-0.15, -0.1) is 11.3 Å². The van der Waals surface area contributed by atoms with Gasteiger partial charge >= 0.3 is 0 Å². The molecule has 0 spiro atoms. The highest BCUT2D eigenvalue weighted by atomic mass is 32.1. The molecule has 0 aliphatic heterocycles. The second kappa shape index (κ2) is 3.25. The quantitative estimate of drug-likeness (QED) is 0.580. The molecule has 1 aliphatic rings. The van der Waals surface area contributed by atoms with E-state index in [0.29, 0.717) is 0 Å². The average Bonchev–Trinajstić information content (AvgIpc) is 2.45. The van der Waals surface area contributed by atoms with Crippen LogP contribution in [0.15, 0.2) is 24.3 Å². The fraction of sp³-hybridized carbons (Fsp3) is 0.143. The van der Waals surface area contributed by atoms with Gasteiger partial charge in [0.25, 0.3) is 0 Å². The fourth-order valence-corrected chi connectivity index (χ4v) is 3.15. The van der Waals surface area contributed by atoms with E-state index in [1.807, 2.05) is 17.4 Å². The first-order valence-electron chi connectivity index (χ1n) is 5.02. The molecular formula is C14H10S. The highest BCUT2D eigenvalue weighted by molar-refractivity contribution is 7.20. The second-order valence-electron chi connectivity index (χ2n) is 3.73. The van der Waals surface area contributed by atoms with Gasteiger partial charge in [0.2, 0.25) is 0 Å². The summed E-state index contributed by atoms with van der Waals surface area (Å²) in [6.45, 7) is 2.17. The van der Waals surface area contributed by atoms with Gasteiger partial charge in [0.05, 0.1) is 0 Å². The Hall–Kier alpha value is -1.52. The summed E-state index contributed by atoms with van der Waals surface area (Å²) < 4.78 is 1.41. The molecule has 0 amide bonds. The summed E-state index contributed by atoms with van der Waals surface area (Å²) in [7, 11) is 0. The highest BCUT2D eigenvalue weighted by Crippen LogP contribution is 2.35. The lowest BCUT2D eigenvalue weighted by molar-refractivity contribution is 1.37. The Morgan fingerprint density at radius 2 is 2.27 bits per heavy atom. The van der Waals surface area contributed by atoms with E-state index in [4.69, 9.17) is 0 Å². The van der Waals surface area contributed by atoms with Crippen LogP contribution >= 0.6 is 11.3 Å². The number of thiophene rings is 1. The van der Waals surface area contributed by atoms with Gasteiger partial charge < -0.3 is 0 Å². The molecule has 1 aliphatic carbocycles. The van der Waals surface area contributed by atoms with E-state index in [-0.39, 0.29) is 0 Å². The lowest BCUT2D eigenvalue weighted by atomic mass is 10.1. The molecule has 3 rings (SSSR count). The molecule has 1 heteroatoms. The number of hydrogen-bond acceptors (Lipinski definition) is 1. The van der Waals surface area contributed by atoms with Crippen LogP contribution in [0.5, 0.6) is 0 Å². The zero-order valence-electron chi connectivity index (χ0n) is 8.50. The molecule has 1 heterocycles. The first kappa shape index (κ1) is 8.76. The van der Waals surface area contributed by atoms with Crippen molar-refractivity contribution in [2.24, 2.45) is 0 Å². The van der Waals surface area contributed by atoms with E-state index in [9.17, 15) is 0 Å². The Balaban J connectivity index is 2.40. The SMILES string of the molecule is Cc1cccc2c3c(sc12)C=CC#CC3. The molecule has 0 nitrogen and oxygen atoms in total. The number of fused-ring (bicyclic) bond motifs is 3. The molecule has 1 aromatic heterocycles. The number of aryl methyl sites for hydroxylation is 1. The molecule has 1 aromatic carbocycles. The number of hydrogen-bond donors (Lipinski definition) is 0. The van der Waals surface area contributed by atoms with Crippen LogP contribution in [0.2, 0.25) is 0 Å². The summed E-state index contributed by atoms with van der Waals surface area (Å²) in [5.41, 5.74) is 2.77. The predicted molar refractivity (Wildman–Crippen MR) is 67.1 cm³/mol. The van der Waals surface area contributed by atoms with Crippen molar-refractivity contribution in [3.05, 3.63) is 40.3 Å². The molecule has 0 atom stereocenters. The summed E-state index contributed by atoms with van der Waals surface area (Å²) in [6, 6.07) is 6.51. The Morgan fingerprint density at radius 3 is 3.20 bits per heavy atom. The van der Waals surface area contributed by atoms with Gasteiger partial charge in [0, 0.05) is 16.0 Å². The van der Waals surface area contributed by atoms with Crippen molar-refractivity contribution in [1.82, 2.24) is 0 Å². The lowest BCUT2D eigenvalue weighted by Gasteiger charge is -1.96. The molecule has 0 saturated heterocycles. The third-order valence-electron chi connectivity index (χ3n) is 2.73. The molecule has 72 valence electrons. The molecule has 0 radical (unpaired) electrons. The lowest BCUT2D eigenvalue weighted by Crippen LogP contribution is -1.81. The van der Waals surface area contributed by atoms with Crippen molar-refractivity contribution < 1.29 is 0 Å². The van der Waals surface area contributed by atoms with Crippen molar-refractivity contribution in [2.45, 2.75) is 13.3 Å². The topological polar surface area (TPSA) is 0 Å². The van der Waals surface area contributed by atoms with Gasteiger partial charge in [0.15, 0.2) is 0 Å². The zero-order chi connectivity index (χ0) is 10.3. The van der Waals surface area contributed by atoms with Crippen LogP contribution in [0, 0.1) is 18.8 Å². The molecule has 0 bridgehead atoms. The van der Waals surface area contributed by atoms with Gasteiger partial charge in [-0.2, -0.15) is 0 Å². The fourth-order valence-electron chi connectivity index (χ4n) is 1.96. The van der Waals surface area contributed by atoms with Gasteiger partial charge in [0.1, 0.15) is 0 Å². The Bertz CT molecular complexity index is 618. The van der Waals surface area contributed by atoms with Crippen molar-refractivity contribution in [2.75, 3.05) is 0 Å². The summed E-state index contributed by atoms with van der Waals surface area (Å²) in [5.74, 6) is 6.21. The smallest absolute Gasteiger partial charge is 0.0381 e. The second-order valence-corrected chi connectivity index (χ2v) is 4.78. The Kier molecular flexibility index (Phi) is 1.90. The third kappa shape index (κ3) is 1.30. The average molecular weight is 210 g/mol. The Morgan fingerprint density at radius 1 is 1.33 bits per heavy atom. The minimum absolute atomic E-state index is 0.881. The molecule has 2 aromatic rings. The van der Waals surface area contributed by atoms with E-state index in [1.165, 1.54) is 26.1 Å². The van der Waals surface area contributed by atoms with Crippen molar-refractivity contribution in [3.63, 3.8) is 0 Å².